The maximum absolute atomic E-state index is 13.6. The van der Waals surface area contributed by atoms with Crippen molar-refractivity contribution in [2.45, 2.75) is 6.92 Å². The maximum atomic E-state index is 13.6. The van der Waals surface area contributed by atoms with Crippen LogP contribution in [0.25, 0.3) is 0 Å². The van der Waals surface area contributed by atoms with Gasteiger partial charge in [-0.05, 0) is 36.8 Å². The normalized spacial score (nSPS) is 10.5. The van der Waals surface area contributed by atoms with E-state index in [1.807, 2.05) is 0 Å². The quantitative estimate of drug-likeness (QED) is 0.673. The Hall–Kier alpha value is -1.94. The lowest BCUT2D eigenvalue weighted by atomic mass is 10.0. The summed E-state index contributed by atoms with van der Waals surface area (Å²) in [4.78, 5) is 12.1. The highest BCUT2D eigenvalue weighted by Crippen LogP contribution is 2.23. The molecular formula is C14H10ClF2NO. The van der Waals surface area contributed by atoms with E-state index in [0.717, 1.165) is 0 Å². The first-order chi connectivity index (χ1) is 8.90. The van der Waals surface area contributed by atoms with Crippen LogP contribution in [0.2, 0.25) is 5.02 Å². The molecule has 19 heavy (non-hydrogen) atoms. The first-order valence-corrected chi connectivity index (χ1v) is 5.83. The average Bonchev–Trinajstić information content (AvgIpc) is 2.36. The second kappa shape index (κ2) is 4.97. The number of nitrogen functional groups attached to an aromatic ring is 1. The topological polar surface area (TPSA) is 43.1 Å². The van der Waals surface area contributed by atoms with E-state index < -0.39 is 17.4 Å². The van der Waals surface area contributed by atoms with E-state index in [-0.39, 0.29) is 22.4 Å². The number of halogens is 3. The zero-order valence-electron chi connectivity index (χ0n) is 10.0. The minimum absolute atomic E-state index is 0.194. The Morgan fingerprint density at radius 3 is 2.47 bits per heavy atom. The molecule has 0 saturated carbocycles. The summed E-state index contributed by atoms with van der Waals surface area (Å²) in [5.41, 5.74) is 6.03. The van der Waals surface area contributed by atoms with Crippen molar-refractivity contribution in [3.05, 3.63) is 63.7 Å². The summed E-state index contributed by atoms with van der Waals surface area (Å²) >= 11 is 5.75. The molecule has 0 saturated heterocycles. The third-order valence-electron chi connectivity index (χ3n) is 2.75. The molecule has 0 bridgehead atoms. The highest BCUT2D eigenvalue weighted by molar-refractivity contribution is 6.33. The Morgan fingerprint density at radius 2 is 1.84 bits per heavy atom. The predicted molar refractivity (Wildman–Crippen MR) is 70.4 cm³/mol. The molecule has 2 nitrogen and oxygen atoms in total. The molecule has 0 unspecified atom stereocenters. The second-order valence-corrected chi connectivity index (χ2v) is 4.55. The zero-order valence-corrected chi connectivity index (χ0v) is 10.8. The Morgan fingerprint density at radius 1 is 1.16 bits per heavy atom. The molecule has 5 heteroatoms. The lowest BCUT2D eigenvalue weighted by Gasteiger charge is -2.06. The molecule has 0 aliphatic heterocycles. The highest BCUT2D eigenvalue weighted by atomic mass is 35.5. The molecule has 0 heterocycles. The molecule has 0 aromatic heterocycles. The van der Waals surface area contributed by atoms with Gasteiger partial charge in [0.1, 0.15) is 11.6 Å². The van der Waals surface area contributed by atoms with Crippen molar-refractivity contribution >= 4 is 23.1 Å². The number of hydrogen-bond acceptors (Lipinski definition) is 2. The van der Waals surface area contributed by atoms with E-state index in [1.54, 1.807) is 0 Å². The number of carbonyl (C=O) groups is 1. The number of anilines is 1. The van der Waals surface area contributed by atoms with Crippen LogP contribution in [-0.4, -0.2) is 5.78 Å². The van der Waals surface area contributed by atoms with Crippen LogP contribution in [0.3, 0.4) is 0 Å². The summed E-state index contributed by atoms with van der Waals surface area (Å²) in [6.07, 6.45) is 0. The number of hydrogen-bond donors (Lipinski definition) is 1. The summed E-state index contributed by atoms with van der Waals surface area (Å²) in [6, 6.07) is 6.14. The monoisotopic (exact) mass is 281 g/mol. The number of nitrogens with two attached hydrogens (primary N) is 1. The molecule has 98 valence electrons. The molecule has 2 N–H and O–H groups in total. The van der Waals surface area contributed by atoms with Crippen molar-refractivity contribution < 1.29 is 13.6 Å². The van der Waals surface area contributed by atoms with E-state index in [9.17, 15) is 13.6 Å². The van der Waals surface area contributed by atoms with Crippen LogP contribution < -0.4 is 5.73 Å². The molecule has 2 aromatic rings. The van der Waals surface area contributed by atoms with E-state index in [1.165, 1.54) is 31.2 Å². The molecular weight excluding hydrogens is 272 g/mol. The molecule has 0 atom stereocenters. The summed E-state index contributed by atoms with van der Waals surface area (Å²) < 4.78 is 26.8. The summed E-state index contributed by atoms with van der Waals surface area (Å²) in [6.45, 7) is 1.46. The van der Waals surface area contributed by atoms with Gasteiger partial charge in [-0.25, -0.2) is 8.78 Å². The summed E-state index contributed by atoms with van der Waals surface area (Å²) in [5.74, 6) is -2.16. The van der Waals surface area contributed by atoms with E-state index >= 15 is 0 Å². The highest BCUT2D eigenvalue weighted by Gasteiger charge is 2.17. The molecule has 0 radical (unpaired) electrons. The molecule has 2 aromatic carbocycles. The van der Waals surface area contributed by atoms with E-state index in [2.05, 4.69) is 0 Å². The van der Waals surface area contributed by atoms with Gasteiger partial charge < -0.3 is 5.73 Å². The summed E-state index contributed by atoms with van der Waals surface area (Å²) in [5, 5.41) is 0.312. The van der Waals surface area contributed by atoms with E-state index in [4.69, 9.17) is 17.3 Å². The van der Waals surface area contributed by atoms with Gasteiger partial charge in [-0.15, -0.1) is 0 Å². The van der Waals surface area contributed by atoms with Crippen LogP contribution in [0.5, 0.6) is 0 Å². The van der Waals surface area contributed by atoms with Gasteiger partial charge in [0, 0.05) is 11.6 Å². The number of aryl methyl sites for hydroxylation is 1. The molecule has 0 spiro atoms. The van der Waals surface area contributed by atoms with Gasteiger partial charge in [-0.2, -0.15) is 0 Å². The largest absolute Gasteiger partial charge is 0.398 e. The fourth-order valence-corrected chi connectivity index (χ4v) is 1.79. The maximum Gasteiger partial charge on any atom is 0.196 e. The first kappa shape index (κ1) is 13.5. The lowest BCUT2D eigenvalue weighted by molar-refractivity contribution is 0.103. The van der Waals surface area contributed by atoms with Crippen molar-refractivity contribution in [2.75, 3.05) is 5.73 Å². The van der Waals surface area contributed by atoms with Crippen molar-refractivity contribution in [1.29, 1.82) is 0 Å². The van der Waals surface area contributed by atoms with Gasteiger partial charge in [-0.1, -0.05) is 11.6 Å². The van der Waals surface area contributed by atoms with Gasteiger partial charge in [0.2, 0.25) is 0 Å². The van der Waals surface area contributed by atoms with Crippen molar-refractivity contribution in [1.82, 2.24) is 0 Å². The van der Waals surface area contributed by atoms with Crippen LogP contribution in [0, 0.1) is 18.6 Å². The standard InChI is InChI=1S/C14H10ClF2NO/c1-7-4-9(12(17)6-11(7)16)14(19)8-2-3-10(15)13(18)5-8/h2-6H,18H2,1H3. The van der Waals surface area contributed by atoms with Gasteiger partial charge in [0.15, 0.2) is 5.78 Å². The lowest BCUT2D eigenvalue weighted by Crippen LogP contribution is -2.06. The zero-order chi connectivity index (χ0) is 14.2. The van der Waals surface area contributed by atoms with Crippen molar-refractivity contribution in [3.8, 4) is 0 Å². The van der Waals surface area contributed by atoms with Crippen LogP contribution >= 0.6 is 11.6 Å². The van der Waals surface area contributed by atoms with Crippen LogP contribution in [0.15, 0.2) is 30.3 Å². The minimum Gasteiger partial charge on any atom is -0.398 e. The van der Waals surface area contributed by atoms with Crippen LogP contribution in [0.4, 0.5) is 14.5 Å². The van der Waals surface area contributed by atoms with E-state index in [0.29, 0.717) is 11.1 Å². The fourth-order valence-electron chi connectivity index (χ4n) is 1.67. The molecule has 0 amide bonds. The van der Waals surface area contributed by atoms with Crippen LogP contribution in [0.1, 0.15) is 21.5 Å². The first-order valence-electron chi connectivity index (χ1n) is 5.45. The smallest absolute Gasteiger partial charge is 0.196 e. The predicted octanol–water partition coefficient (Wildman–Crippen LogP) is 3.74. The second-order valence-electron chi connectivity index (χ2n) is 4.15. The third-order valence-corrected chi connectivity index (χ3v) is 3.10. The van der Waals surface area contributed by atoms with Gasteiger partial charge in [0.25, 0.3) is 0 Å². The Labute approximate surface area is 113 Å². The molecule has 0 aliphatic rings. The van der Waals surface area contributed by atoms with Crippen LogP contribution in [-0.2, 0) is 0 Å². The number of carbonyl (C=O) groups excluding carboxylic acids is 1. The Balaban J connectivity index is 2.49. The summed E-state index contributed by atoms with van der Waals surface area (Å²) in [7, 11) is 0. The Bertz CT molecular complexity index is 671. The van der Waals surface area contributed by atoms with Crippen molar-refractivity contribution in [2.24, 2.45) is 0 Å². The van der Waals surface area contributed by atoms with Gasteiger partial charge >= 0.3 is 0 Å². The molecule has 0 aliphatic carbocycles. The minimum atomic E-state index is -0.901. The molecule has 2 rings (SSSR count). The SMILES string of the molecule is Cc1cc(C(=O)c2ccc(Cl)c(N)c2)c(F)cc1F. The number of ketones is 1. The number of rotatable bonds is 2. The van der Waals surface area contributed by atoms with Crippen molar-refractivity contribution in [3.63, 3.8) is 0 Å². The Kier molecular flexibility index (Phi) is 3.53. The van der Waals surface area contributed by atoms with Gasteiger partial charge in [-0.3, -0.25) is 4.79 Å². The number of benzene rings is 2. The fraction of sp³-hybridized carbons (Fsp3) is 0.0714. The van der Waals surface area contributed by atoms with Gasteiger partial charge in [0.05, 0.1) is 16.3 Å². The molecule has 0 fully saturated rings. The third kappa shape index (κ3) is 2.58. The average molecular weight is 282 g/mol.